The van der Waals surface area contributed by atoms with Crippen LogP contribution >= 0.6 is 24.0 Å². The summed E-state index contributed by atoms with van der Waals surface area (Å²) in [5, 5.41) is 0. The van der Waals surface area contributed by atoms with E-state index < -0.39 is 0 Å². The van der Waals surface area contributed by atoms with E-state index in [0.29, 0.717) is 0 Å². The Hall–Kier alpha value is 2.58. The Morgan fingerprint density at radius 2 is 1.75 bits per heavy atom. The van der Waals surface area contributed by atoms with Gasteiger partial charge in [-0.15, -0.1) is 24.0 Å². The van der Waals surface area contributed by atoms with Crippen LogP contribution in [0, 0.1) is 0 Å². The SMILES string of the molecule is CCCCCl.Cl.[H-].[H-].[Na+].[Na+]. The maximum atomic E-state index is 5.30. The van der Waals surface area contributed by atoms with Gasteiger partial charge in [0.2, 0.25) is 0 Å². The van der Waals surface area contributed by atoms with Crippen molar-refractivity contribution in [3.05, 3.63) is 0 Å². The Bertz CT molecular complexity index is 26.7. The molecule has 0 bridgehead atoms. The number of halogens is 2. The average molecular weight is 177 g/mol. The van der Waals surface area contributed by atoms with Crippen LogP contribution in [0.15, 0.2) is 0 Å². The molecule has 0 aromatic rings. The second-order valence-electron chi connectivity index (χ2n) is 1.04. The molecule has 0 nitrogen and oxygen atoms in total. The molecule has 0 heterocycles. The van der Waals surface area contributed by atoms with Crippen molar-refractivity contribution in [1.82, 2.24) is 0 Å². The molecule has 0 aliphatic heterocycles. The fourth-order valence-electron chi connectivity index (χ4n) is 0.134. The number of alkyl halides is 1. The van der Waals surface area contributed by atoms with E-state index >= 15 is 0 Å². The number of hydrogen-bond donors (Lipinski definition) is 0. The minimum absolute atomic E-state index is 0. The summed E-state index contributed by atoms with van der Waals surface area (Å²) in [6.45, 7) is 2.13. The standard InChI is InChI=1S/C4H9Cl.ClH.2Na.2H/c1-2-3-4-5;;;;;/h2-4H2,1H3;1H;;;;/q;;2*+1;2*-1. The normalized spacial score (nSPS) is 5.25. The van der Waals surface area contributed by atoms with E-state index in [1.54, 1.807) is 0 Å². The smallest absolute Gasteiger partial charge is 1.00 e. The van der Waals surface area contributed by atoms with Gasteiger partial charge < -0.3 is 2.85 Å². The summed E-state index contributed by atoms with van der Waals surface area (Å²) in [6, 6.07) is 0. The second-order valence-corrected chi connectivity index (χ2v) is 1.42. The van der Waals surface area contributed by atoms with Crippen LogP contribution in [-0.2, 0) is 0 Å². The Morgan fingerprint density at radius 1 is 1.38 bits per heavy atom. The van der Waals surface area contributed by atoms with E-state index in [2.05, 4.69) is 6.92 Å². The molecule has 8 heavy (non-hydrogen) atoms. The molecule has 44 valence electrons. The van der Waals surface area contributed by atoms with Gasteiger partial charge in [-0.3, -0.25) is 0 Å². The van der Waals surface area contributed by atoms with Crippen LogP contribution in [0.25, 0.3) is 0 Å². The Kier molecular flexibility index (Phi) is 63.5. The summed E-state index contributed by atoms with van der Waals surface area (Å²) in [5.74, 6) is 0.816. The van der Waals surface area contributed by atoms with Gasteiger partial charge in [0.15, 0.2) is 0 Å². The molecule has 0 aliphatic rings. The minimum Gasteiger partial charge on any atom is -1.00 e. The number of rotatable bonds is 2. The molecule has 0 fully saturated rings. The first kappa shape index (κ1) is 22.4. The fourth-order valence-corrected chi connectivity index (χ4v) is 0.401. The van der Waals surface area contributed by atoms with E-state index in [1.165, 1.54) is 6.42 Å². The van der Waals surface area contributed by atoms with E-state index in [1.807, 2.05) is 0 Å². The predicted octanol–water partition coefficient (Wildman–Crippen LogP) is -3.32. The molecule has 0 N–H and O–H groups in total. The Morgan fingerprint density at radius 3 is 1.75 bits per heavy atom. The van der Waals surface area contributed by atoms with Gasteiger partial charge in [0.1, 0.15) is 0 Å². The summed E-state index contributed by atoms with van der Waals surface area (Å²) >= 11 is 5.30. The van der Waals surface area contributed by atoms with E-state index in [-0.39, 0.29) is 74.4 Å². The van der Waals surface area contributed by atoms with Gasteiger partial charge in [0, 0.05) is 5.88 Å². The molecule has 0 aromatic heterocycles. The van der Waals surface area contributed by atoms with E-state index in [4.69, 9.17) is 11.6 Å². The molecule has 0 aromatic carbocycles. The molecule has 0 atom stereocenters. The average Bonchev–Trinajstić information content (AvgIpc) is 1.41. The topological polar surface area (TPSA) is 0 Å². The predicted molar refractivity (Wildman–Crippen MR) is 35.1 cm³/mol. The van der Waals surface area contributed by atoms with Gasteiger partial charge in [-0.05, 0) is 6.42 Å². The molecule has 0 spiro atoms. The van der Waals surface area contributed by atoms with Gasteiger partial charge in [-0.1, -0.05) is 13.3 Å². The van der Waals surface area contributed by atoms with Crippen molar-refractivity contribution in [3.8, 4) is 0 Å². The fraction of sp³-hybridized carbons (Fsp3) is 1.00. The van der Waals surface area contributed by atoms with Gasteiger partial charge in [-0.2, -0.15) is 0 Å². The van der Waals surface area contributed by atoms with Gasteiger partial charge in [-0.25, -0.2) is 0 Å². The van der Waals surface area contributed by atoms with Crippen LogP contribution in [0.4, 0.5) is 0 Å². The van der Waals surface area contributed by atoms with E-state index in [9.17, 15) is 0 Å². The van der Waals surface area contributed by atoms with Crippen molar-refractivity contribution in [2.24, 2.45) is 0 Å². The summed E-state index contributed by atoms with van der Waals surface area (Å²) in [4.78, 5) is 0. The zero-order chi connectivity index (χ0) is 4.12. The van der Waals surface area contributed by atoms with Crippen molar-refractivity contribution in [1.29, 1.82) is 0 Å². The van der Waals surface area contributed by atoms with Crippen LogP contribution in [0.2, 0.25) is 0 Å². The van der Waals surface area contributed by atoms with E-state index in [0.717, 1.165) is 12.3 Å². The Balaban J connectivity index is -0.00000000800. The van der Waals surface area contributed by atoms with Crippen molar-refractivity contribution in [2.75, 3.05) is 5.88 Å². The third kappa shape index (κ3) is 23.5. The zero-order valence-electron chi connectivity index (χ0n) is 7.91. The van der Waals surface area contributed by atoms with Crippen molar-refractivity contribution >= 4 is 24.0 Å². The van der Waals surface area contributed by atoms with Gasteiger partial charge in [0.25, 0.3) is 0 Å². The molecule has 4 heteroatoms. The molecule has 0 saturated heterocycles. The molecule has 0 radical (unpaired) electrons. The van der Waals surface area contributed by atoms with Gasteiger partial charge in [0.05, 0.1) is 0 Å². The van der Waals surface area contributed by atoms with Gasteiger partial charge >= 0.3 is 59.1 Å². The molecular formula is C4H12Cl2Na2. The molecular weight excluding hydrogens is 165 g/mol. The van der Waals surface area contributed by atoms with Crippen LogP contribution in [-0.4, -0.2) is 5.88 Å². The quantitative estimate of drug-likeness (QED) is 0.306. The number of unbranched alkanes of at least 4 members (excludes halogenated alkanes) is 1. The van der Waals surface area contributed by atoms with Crippen LogP contribution in [0.5, 0.6) is 0 Å². The third-order valence-electron chi connectivity index (χ3n) is 0.487. The zero-order valence-corrected chi connectivity index (χ0v) is 11.5. The summed E-state index contributed by atoms with van der Waals surface area (Å²) in [7, 11) is 0. The third-order valence-corrected chi connectivity index (χ3v) is 0.754. The molecule has 0 amide bonds. The van der Waals surface area contributed by atoms with Crippen LogP contribution in [0.3, 0.4) is 0 Å². The van der Waals surface area contributed by atoms with Crippen LogP contribution in [0.1, 0.15) is 22.6 Å². The van der Waals surface area contributed by atoms with Crippen molar-refractivity contribution in [3.63, 3.8) is 0 Å². The number of hydrogen-bond acceptors (Lipinski definition) is 0. The maximum Gasteiger partial charge on any atom is 1.00 e. The Labute approximate surface area is 110 Å². The first-order chi connectivity index (χ1) is 2.41. The molecule has 0 rings (SSSR count). The molecule has 0 aliphatic carbocycles. The molecule has 0 saturated carbocycles. The second kappa shape index (κ2) is 22.7. The monoisotopic (exact) mass is 176 g/mol. The van der Waals surface area contributed by atoms with Crippen molar-refractivity contribution < 1.29 is 62.0 Å². The summed E-state index contributed by atoms with van der Waals surface area (Å²) in [5.41, 5.74) is 0. The van der Waals surface area contributed by atoms with Crippen LogP contribution < -0.4 is 59.1 Å². The molecule has 0 unspecified atom stereocenters. The minimum atomic E-state index is 0. The summed E-state index contributed by atoms with van der Waals surface area (Å²) in [6.07, 6.45) is 2.37. The summed E-state index contributed by atoms with van der Waals surface area (Å²) < 4.78 is 0. The first-order valence-electron chi connectivity index (χ1n) is 1.97. The largest absolute Gasteiger partial charge is 1.00 e. The maximum absolute atomic E-state index is 5.30. The first-order valence-corrected chi connectivity index (χ1v) is 2.51. The van der Waals surface area contributed by atoms with Crippen molar-refractivity contribution in [2.45, 2.75) is 19.8 Å².